The second-order valence-corrected chi connectivity index (χ2v) is 5.61. The number of ether oxygens (including phenoxy) is 3. The van der Waals surface area contributed by atoms with Gasteiger partial charge < -0.3 is 14.2 Å². The molecule has 0 heterocycles. The molecule has 0 N–H and O–H groups in total. The van der Waals surface area contributed by atoms with Crippen LogP contribution in [-0.4, -0.2) is 21.3 Å². The zero-order valence-electron chi connectivity index (χ0n) is 14.4. The summed E-state index contributed by atoms with van der Waals surface area (Å²) in [6.07, 6.45) is 4.11. The van der Waals surface area contributed by atoms with Crippen molar-refractivity contribution in [1.29, 1.82) is 0 Å². The lowest BCUT2D eigenvalue weighted by atomic mass is 10.0. The van der Waals surface area contributed by atoms with Crippen LogP contribution >= 0.6 is 0 Å². The molecule has 0 spiro atoms. The van der Waals surface area contributed by atoms with Gasteiger partial charge in [-0.05, 0) is 34.7 Å². The summed E-state index contributed by atoms with van der Waals surface area (Å²) in [5.74, 6) is 2.46. The molecule has 3 nitrogen and oxygen atoms in total. The number of benzene rings is 2. The summed E-state index contributed by atoms with van der Waals surface area (Å²) in [7, 11) is 4.84. The molecule has 0 aliphatic rings. The average Bonchev–Trinajstić information content (AvgIpc) is 2.59. The van der Waals surface area contributed by atoms with Crippen LogP contribution in [0.4, 0.5) is 0 Å². The lowest BCUT2D eigenvalue weighted by Gasteiger charge is -2.12. The van der Waals surface area contributed by atoms with E-state index in [-0.39, 0.29) is 0 Å². The molecule has 0 radical (unpaired) electrons. The summed E-state index contributed by atoms with van der Waals surface area (Å²) >= 11 is 0. The van der Waals surface area contributed by atoms with Crippen LogP contribution in [0.25, 0.3) is 12.2 Å². The summed E-state index contributed by atoms with van der Waals surface area (Å²) in [4.78, 5) is 0. The van der Waals surface area contributed by atoms with Crippen molar-refractivity contribution in [2.24, 2.45) is 0 Å². The van der Waals surface area contributed by atoms with Crippen LogP contribution in [0.15, 0.2) is 36.4 Å². The van der Waals surface area contributed by atoms with E-state index in [9.17, 15) is 0 Å². The van der Waals surface area contributed by atoms with Crippen molar-refractivity contribution in [3.05, 3.63) is 53.1 Å². The van der Waals surface area contributed by atoms with Crippen molar-refractivity contribution in [3.63, 3.8) is 0 Å². The Morgan fingerprint density at radius 1 is 0.739 bits per heavy atom. The Hall–Kier alpha value is -2.42. The molecule has 0 atom stereocenters. The first kappa shape index (κ1) is 16.9. The van der Waals surface area contributed by atoms with Crippen LogP contribution in [0.5, 0.6) is 17.2 Å². The van der Waals surface area contributed by atoms with Gasteiger partial charge in [0, 0.05) is 0 Å². The van der Waals surface area contributed by atoms with Gasteiger partial charge in [0.25, 0.3) is 0 Å². The number of hydrogen-bond acceptors (Lipinski definition) is 3. The third-order valence-corrected chi connectivity index (χ3v) is 3.76. The fraction of sp³-hybridized carbons (Fsp3) is 0.300. The molecular weight excluding hydrogens is 288 g/mol. The second kappa shape index (κ2) is 7.73. The van der Waals surface area contributed by atoms with Gasteiger partial charge in [0.1, 0.15) is 0 Å². The minimum absolute atomic E-state index is 0.545. The summed E-state index contributed by atoms with van der Waals surface area (Å²) in [5.41, 5.74) is 3.49. The first-order chi connectivity index (χ1) is 11.1. The number of hydrogen-bond donors (Lipinski definition) is 0. The average molecular weight is 312 g/mol. The molecule has 0 saturated heterocycles. The molecule has 23 heavy (non-hydrogen) atoms. The maximum atomic E-state index is 5.37. The van der Waals surface area contributed by atoms with E-state index in [0.29, 0.717) is 23.2 Å². The van der Waals surface area contributed by atoms with E-state index in [4.69, 9.17) is 14.2 Å². The van der Waals surface area contributed by atoms with Gasteiger partial charge in [0.15, 0.2) is 11.5 Å². The first-order valence-corrected chi connectivity index (χ1v) is 7.67. The van der Waals surface area contributed by atoms with Crippen molar-refractivity contribution in [2.75, 3.05) is 21.3 Å². The van der Waals surface area contributed by atoms with Crippen molar-refractivity contribution in [2.45, 2.75) is 19.8 Å². The SMILES string of the molecule is COc1cc(/C=C/c2ccc(C(C)C)cc2)cc(OC)c1OC. The highest BCUT2D eigenvalue weighted by Crippen LogP contribution is 2.38. The van der Waals surface area contributed by atoms with Crippen LogP contribution in [0, 0.1) is 0 Å². The molecule has 0 bridgehead atoms. The Labute approximate surface area is 138 Å². The number of rotatable bonds is 6. The van der Waals surface area contributed by atoms with Gasteiger partial charge in [-0.25, -0.2) is 0 Å². The van der Waals surface area contributed by atoms with Crippen molar-refractivity contribution in [3.8, 4) is 17.2 Å². The maximum absolute atomic E-state index is 5.37. The molecule has 0 unspecified atom stereocenters. The molecule has 2 rings (SSSR count). The lowest BCUT2D eigenvalue weighted by molar-refractivity contribution is 0.324. The van der Waals surface area contributed by atoms with E-state index in [1.54, 1.807) is 21.3 Å². The van der Waals surface area contributed by atoms with Crippen LogP contribution in [0.2, 0.25) is 0 Å². The molecule has 122 valence electrons. The third-order valence-electron chi connectivity index (χ3n) is 3.76. The summed E-state index contributed by atoms with van der Waals surface area (Å²) in [6, 6.07) is 12.5. The van der Waals surface area contributed by atoms with Gasteiger partial charge in [-0.15, -0.1) is 0 Å². The summed E-state index contributed by atoms with van der Waals surface area (Å²) < 4.78 is 16.1. The van der Waals surface area contributed by atoms with Gasteiger partial charge in [0.05, 0.1) is 21.3 Å². The molecule has 0 saturated carbocycles. The lowest BCUT2D eigenvalue weighted by Crippen LogP contribution is -1.95. The molecule has 0 aliphatic heterocycles. The van der Waals surface area contributed by atoms with Gasteiger partial charge >= 0.3 is 0 Å². The van der Waals surface area contributed by atoms with Crippen molar-refractivity contribution in [1.82, 2.24) is 0 Å². The minimum atomic E-state index is 0.545. The molecule has 0 amide bonds. The highest BCUT2D eigenvalue weighted by Gasteiger charge is 2.11. The monoisotopic (exact) mass is 312 g/mol. The fourth-order valence-electron chi connectivity index (χ4n) is 2.38. The van der Waals surface area contributed by atoms with Gasteiger partial charge in [0.2, 0.25) is 5.75 Å². The van der Waals surface area contributed by atoms with E-state index in [2.05, 4.69) is 44.2 Å². The highest BCUT2D eigenvalue weighted by molar-refractivity contribution is 5.72. The summed E-state index contributed by atoms with van der Waals surface area (Å²) in [6.45, 7) is 4.39. The Bertz CT molecular complexity index is 645. The second-order valence-electron chi connectivity index (χ2n) is 5.61. The predicted molar refractivity (Wildman–Crippen MR) is 95.6 cm³/mol. The van der Waals surface area contributed by atoms with Crippen LogP contribution in [0.1, 0.15) is 36.5 Å². The van der Waals surface area contributed by atoms with Gasteiger partial charge in [-0.3, -0.25) is 0 Å². The number of methoxy groups -OCH3 is 3. The van der Waals surface area contributed by atoms with E-state index in [0.717, 1.165) is 11.1 Å². The molecule has 0 aliphatic carbocycles. The summed E-state index contributed by atoms with van der Waals surface area (Å²) in [5, 5.41) is 0. The zero-order chi connectivity index (χ0) is 16.8. The Morgan fingerprint density at radius 2 is 1.26 bits per heavy atom. The highest BCUT2D eigenvalue weighted by atomic mass is 16.5. The van der Waals surface area contributed by atoms with Crippen LogP contribution < -0.4 is 14.2 Å². The van der Waals surface area contributed by atoms with E-state index < -0.39 is 0 Å². The predicted octanol–water partition coefficient (Wildman–Crippen LogP) is 5.01. The largest absolute Gasteiger partial charge is 0.493 e. The van der Waals surface area contributed by atoms with E-state index in [1.165, 1.54) is 5.56 Å². The first-order valence-electron chi connectivity index (χ1n) is 7.67. The molecule has 0 aromatic heterocycles. The van der Waals surface area contributed by atoms with Crippen molar-refractivity contribution < 1.29 is 14.2 Å². The standard InChI is InChI=1S/C20H24O3/c1-14(2)17-10-8-15(9-11-17)6-7-16-12-18(21-3)20(23-5)19(13-16)22-4/h6-14H,1-5H3/b7-6+. The van der Waals surface area contributed by atoms with Gasteiger partial charge in [-0.1, -0.05) is 50.3 Å². The van der Waals surface area contributed by atoms with E-state index in [1.807, 2.05) is 18.2 Å². The Kier molecular flexibility index (Phi) is 5.69. The molecule has 2 aromatic carbocycles. The molecule has 2 aromatic rings. The topological polar surface area (TPSA) is 27.7 Å². The van der Waals surface area contributed by atoms with Crippen molar-refractivity contribution >= 4 is 12.2 Å². The Balaban J connectivity index is 2.28. The maximum Gasteiger partial charge on any atom is 0.203 e. The quantitative estimate of drug-likeness (QED) is 0.702. The van der Waals surface area contributed by atoms with E-state index >= 15 is 0 Å². The normalized spacial score (nSPS) is 11.0. The van der Waals surface area contributed by atoms with Crippen LogP contribution in [-0.2, 0) is 0 Å². The third kappa shape index (κ3) is 4.07. The smallest absolute Gasteiger partial charge is 0.203 e. The fourth-order valence-corrected chi connectivity index (χ4v) is 2.38. The molecule has 3 heteroatoms. The molecule has 0 fully saturated rings. The minimum Gasteiger partial charge on any atom is -0.493 e. The zero-order valence-corrected chi connectivity index (χ0v) is 14.4. The molecular formula is C20H24O3. The van der Waals surface area contributed by atoms with Crippen LogP contribution in [0.3, 0.4) is 0 Å². The Morgan fingerprint density at radius 3 is 1.70 bits per heavy atom. The van der Waals surface area contributed by atoms with Gasteiger partial charge in [-0.2, -0.15) is 0 Å².